The van der Waals surface area contributed by atoms with Crippen LogP contribution in [0, 0.1) is 0 Å². The highest BCUT2D eigenvalue weighted by Crippen LogP contribution is 2.30. The second-order valence-corrected chi connectivity index (χ2v) is 7.12. The van der Waals surface area contributed by atoms with E-state index in [0.717, 1.165) is 24.1 Å². The molecule has 1 amide bonds. The van der Waals surface area contributed by atoms with Crippen molar-refractivity contribution in [2.75, 3.05) is 18.1 Å². The molecule has 0 fully saturated rings. The predicted octanol–water partition coefficient (Wildman–Crippen LogP) is 3.57. The summed E-state index contributed by atoms with van der Waals surface area (Å²) < 4.78 is 10.6. The van der Waals surface area contributed by atoms with Crippen LogP contribution in [-0.2, 0) is 20.7 Å². The molecule has 0 spiro atoms. The van der Waals surface area contributed by atoms with Crippen molar-refractivity contribution in [3.05, 3.63) is 59.7 Å². The maximum atomic E-state index is 12.6. The molecule has 0 N–H and O–H groups in total. The van der Waals surface area contributed by atoms with Crippen LogP contribution >= 0.6 is 0 Å². The Morgan fingerprint density at radius 2 is 1.79 bits per heavy atom. The number of Topliss-reactive ketones (excluding diaryl/α,β-unsaturated/α-hetero) is 1. The van der Waals surface area contributed by atoms with Crippen molar-refractivity contribution in [3.8, 4) is 5.75 Å². The van der Waals surface area contributed by atoms with Crippen molar-refractivity contribution in [2.24, 2.45) is 0 Å². The zero-order chi connectivity index (χ0) is 20.8. The van der Waals surface area contributed by atoms with Gasteiger partial charge >= 0.3 is 5.97 Å². The van der Waals surface area contributed by atoms with Crippen LogP contribution in [0.15, 0.2) is 48.5 Å². The quantitative estimate of drug-likeness (QED) is 0.529. The SMILES string of the molecule is CC(=O)c1ccc(OCCC(=O)OCC(=O)N2c3ccccc3CCC2C)cc1. The number of ether oxygens (including phenoxy) is 2. The molecule has 3 rings (SSSR count). The fourth-order valence-electron chi connectivity index (χ4n) is 3.39. The van der Waals surface area contributed by atoms with E-state index in [-0.39, 0.29) is 37.4 Å². The molecule has 6 heteroatoms. The number of nitrogens with zero attached hydrogens (tertiary/aromatic N) is 1. The number of aryl methyl sites for hydroxylation is 1. The monoisotopic (exact) mass is 395 g/mol. The van der Waals surface area contributed by atoms with Gasteiger partial charge in [0.05, 0.1) is 13.0 Å². The summed E-state index contributed by atoms with van der Waals surface area (Å²) in [6.45, 7) is 3.34. The van der Waals surface area contributed by atoms with Crippen molar-refractivity contribution >= 4 is 23.3 Å². The molecule has 1 atom stereocenters. The highest BCUT2D eigenvalue weighted by molar-refractivity contribution is 5.97. The summed E-state index contributed by atoms with van der Waals surface area (Å²) >= 11 is 0. The number of benzene rings is 2. The van der Waals surface area contributed by atoms with Gasteiger partial charge in [-0.25, -0.2) is 0 Å². The fourth-order valence-corrected chi connectivity index (χ4v) is 3.39. The molecule has 6 nitrogen and oxygen atoms in total. The summed E-state index contributed by atoms with van der Waals surface area (Å²) in [5.41, 5.74) is 2.63. The molecule has 0 aromatic heterocycles. The Bertz CT molecular complexity index is 890. The molecule has 2 aromatic carbocycles. The normalized spacial score (nSPS) is 15.4. The largest absolute Gasteiger partial charge is 0.493 e. The van der Waals surface area contributed by atoms with Gasteiger partial charge in [0.15, 0.2) is 12.4 Å². The van der Waals surface area contributed by atoms with Crippen molar-refractivity contribution in [2.45, 2.75) is 39.2 Å². The summed E-state index contributed by atoms with van der Waals surface area (Å²) in [6, 6.07) is 14.6. The Labute approximate surface area is 170 Å². The molecule has 1 aliphatic heterocycles. The Balaban J connectivity index is 1.46. The van der Waals surface area contributed by atoms with E-state index >= 15 is 0 Å². The van der Waals surface area contributed by atoms with Crippen LogP contribution in [0.25, 0.3) is 0 Å². The van der Waals surface area contributed by atoms with Crippen LogP contribution in [0.4, 0.5) is 5.69 Å². The first-order valence-corrected chi connectivity index (χ1v) is 9.75. The molecule has 0 saturated heterocycles. The van der Waals surface area contributed by atoms with Crippen molar-refractivity contribution in [3.63, 3.8) is 0 Å². The van der Waals surface area contributed by atoms with Crippen LogP contribution in [0.2, 0.25) is 0 Å². The van der Waals surface area contributed by atoms with Gasteiger partial charge in [0.2, 0.25) is 0 Å². The number of esters is 1. The number of carbonyl (C=O) groups excluding carboxylic acids is 3. The number of carbonyl (C=O) groups is 3. The van der Waals surface area contributed by atoms with Gasteiger partial charge in [-0.3, -0.25) is 14.4 Å². The first-order valence-electron chi connectivity index (χ1n) is 9.75. The maximum Gasteiger partial charge on any atom is 0.309 e. The molecule has 29 heavy (non-hydrogen) atoms. The second-order valence-electron chi connectivity index (χ2n) is 7.12. The predicted molar refractivity (Wildman–Crippen MR) is 109 cm³/mol. The van der Waals surface area contributed by atoms with E-state index in [1.807, 2.05) is 31.2 Å². The Morgan fingerprint density at radius 1 is 1.07 bits per heavy atom. The molecule has 0 bridgehead atoms. The van der Waals surface area contributed by atoms with Crippen molar-refractivity contribution in [1.82, 2.24) is 0 Å². The standard InChI is InChI=1S/C23H25NO5/c1-16-7-8-19-5-3-4-6-21(19)24(16)22(26)15-29-23(27)13-14-28-20-11-9-18(10-12-20)17(2)25/h3-6,9-12,16H,7-8,13-15H2,1-2H3. The van der Waals surface area contributed by atoms with Gasteiger partial charge in [-0.05, 0) is 62.6 Å². The molecule has 0 radical (unpaired) electrons. The first-order chi connectivity index (χ1) is 14.0. The molecule has 152 valence electrons. The first kappa shape index (κ1) is 20.6. The maximum absolute atomic E-state index is 12.6. The molecular formula is C23H25NO5. The lowest BCUT2D eigenvalue weighted by Crippen LogP contribution is -2.44. The van der Waals surface area contributed by atoms with Crippen LogP contribution in [-0.4, -0.2) is 36.9 Å². The Morgan fingerprint density at radius 3 is 2.52 bits per heavy atom. The number of para-hydroxylation sites is 1. The average Bonchev–Trinajstić information content (AvgIpc) is 2.72. The smallest absolute Gasteiger partial charge is 0.309 e. The van der Waals surface area contributed by atoms with Gasteiger partial charge in [0.25, 0.3) is 5.91 Å². The van der Waals surface area contributed by atoms with E-state index < -0.39 is 5.97 Å². The molecule has 0 saturated carbocycles. The molecule has 0 aliphatic carbocycles. The Hall–Kier alpha value is -3.15. The third-order valence-corrected chi connectivity index (χ3v) is 4.98. The number of rotatable bonds is 7. The Kier molecular flexibility index (Phi) is 6.65. The summed E-state index contributed by atoms with van der Waals surface area (Å²) in [4.78, 5) is 37.6. The minimum absolute atomic E-state index is 0.0181. The van der Waals surface area contributed by atoms with Gasteiger partial charge in [0.1, 0.15) is 5.75 Å². The third-order valence-electron chi connectivity index (χ3n) is 4.98. The van der Waals surface area contributed by atoms with Gasteiger partial charge in [-0.2, -0.15) is 0 Å². The lowest BCUT2D eigenvalue weighted by atomic mass is 9.96. The summed E-state index contributed by atoms with van der Waals surface area (Å²) in [7, 11) is 0. The minimum Gasteiger partial charge on any atom is -0.493 e. The number of amides is 1. The highest BCUT2D eigenvalue weighted by atomic mass is 16.5. The molecule has 2 aromatic rings. The van der Waals surface area contributed by atoms with Crippen LogP contribution < -0.4 is 9.64 Å². The van der Waals surface area contributed by atoms with E-state index in [2.05, 4.69) is 0 Å². The fraction of sp³-hybridized carbons (Fsp3) is 0.348. The van der Waals surface area contributed by atoms with E-state index in [1.54, 1.807) is 29.2 Å². The number of anilines is 1. The van der Waals surface area contributed by atoms with Crippen LogP contribution in [0.5, 0.6) is 5.75 Å². The van der Waals surface area contributed by atoms with Gasteiger partial charge in [-0.1, -0.05) is 18.2 Å². The third kappa shape index (κ3) is 5.22. The lowest BCUT2D eigenvalue weighted by Gasteiger charge is -2.35. The van der Waals surface area contributed by atoms with Crippen molar-refractivity contribution in [1.29, 1.82) is 0 Å². The number of ketones is 1. The van der Waals surface area contributed by atoms with Crippen molar-refractivity contribution < 1.29 is 23.9 Å². The van der Waals surface area contributed by atoms with E-state index in [1.165, 1.54) is 6.92 Å². The molecular weight excluding hydrogens is 370 g/mol. The van der Waals surface area contributed by atoms with Crippen LogP contribution in [0.1, 0.15) is 42.6 Å². The lowest BCUT2D eigenvalue weighted by molar-refractivity contribution is -0.148. The minimum atomic E-state index is -0.489. The second kappa shape index (κ2) is 9.37. The average molecular weight is 395 g/mol. The topological polar surface area (TPSA) is 72.9 Å². The van der Waals surface area contributed by atoms with E-state index in [9.17, 15) is 14.4 Å². The van der Waals surface area contributed by atoms with Gasteiger partial charge in [0, 0.05) is 17.3 Å². The van der Waals surface area contributed by atoms with E-state index in [4.69, 9.17) is 9.47 Å². The zero-order valence-corrected chi connectivity index (χ0v) is 16.7. The van der Waals surface area contributed by atoms with Crippen LogP contribution in [0.3, 0.4) is 0 Å². The molecule has 1 heterocycles. The summed E-state index contributed by atoms with van der Waals surface area (Å²) in [6.07, 6.45) is 1.85. The summed E-state index contributed by atoms with van der Waals surface area (Å²) in [5, 5.41) is 0. The number of hydrogen-bond acceptors (Lipinski definition) is 5. The summed E-state index contributed by atoms with van der Waals surface area (Å²) in [5.74, 6) is -0.163. The molecule has 1 unspecified atom stereocenters. The van der Waals surface area contributed by atoms with E-state index in [0.29, 0.717) is 11.3 Å². The number of fused-ring (bicyclic) bond motifs is 1. The highest BCUT2D eigenvalue weighted by Gasteiger charge is 2.28. The zero-order valence-electron chi connectivity index (χ0n) is 16.7. The van der Waals surface area contributed by atoms with Gasteiger partial charge < -0.3 is 14.4 Å². The van der Waals surface area contributed by atoms with Gasteiger partial charge in [-0.15, -0.1) is 0 Å². The number of hydrogen-bond donors (Lipinski definition) is 0. The molecule has 1 aliphatic rings.